The second kappa shape index (κ2) is 6.50. The van der Waals surface area contributed by atoms with Crippen LogP contribution < -0.4 is 4.90 Å². The van der Waals surface area contributed by atoms with Crippen molar-refractivity contribution in [2.75, 3.05) is 11.4 Å². The maximum atomic E-state index is 12.6. The van der Waals surface area contributed by atoms with Crippen molar-refractivity contribution in [3.63, 3.8) is 0 Å². The van der Waals surface area contributed by atoms with E-state index in [1.807, 2.05) is 54.6 Å². The summed E-state index contributed by atoms with van der Waals surface area (Å²) >= 11 is 4.86. The van der Waals surface area contributed by atoms with Crippen molar-refractivity contribution in [3.8, 4) is 0 Å². The molecule has 1 heterocycles. The topological polar surface area (TPSA) is 37.4 Å². The highest BCUT2D eigenvalue weighted by atomic mass is 79.9. The lowest BCUT2D eigenvalue weighted by molar-refractivity contribution is -0.116. The Morgan fingerprint density at radius 3 is 2.73 bits per heavy atom. The molecule has 0 N–H and O–H groups in total. The van der Waals surface area contributed by atoms with Gasteiger partial charge in [0, 0.05) is 9.37 Å². The van der Waals surface area contributed by atoms with Gasteiger partial charge in [-0.1, -0.05) is 52.0 Å². The molecular weight excluding hydrogens is 362 g/mol. The summed E-state index contributed by atoms with van der Waals surface area (Å²) in [6, 6.07) is 15.4. The van der Waals surface area contributed by atoms with Gasteiger partial charge >= 0.3 is 0 Å². The summed E-state index contributed by atoms with van der Waals surface area (Å²) in [5.41, 5.74) is 1.73. The highest BCUT2D eigenvalue weighted by molar-refractivity contribution is 9.10. The Bertz CT molecular complexity index is 773. The number of benzene rings is 2. The van der Waals surface area contributed by atoms with Crippen LogP contribution in [-0.2, 0) is 9.59 Å². The number of thioether (sulfide) groups is 1. The van der Waals surface area contributed by atoms with Gasteiger partial charge in [-0.2, -0.15) is 0 Å². The first-order valence-corrected chi connectivity index (χ1v) is 8.29. The minimum absolute atomic E-state index is 0.0617. The predicted molar refractivity (Wildman–Crippen MR) is 92.8 cm³/mol. The minimum atomic E-state index is -0.143. The number of halogens is 1. The maximum absolute atomic E-state index is 12.6. The van der Waals surface area contributed by atoms with Gasteiger partial charge < -0.3 is 4.79 Å². The first kappa shape index (κ1) is 15.1. The van der Waals surface area contributed by atoms with E-state index >= 15 is 0 Å². The Kier molecular flexibility index (Phi) is 4.45. The number of carbonyl (C=O) groups excluding carboxylic acids is 2. The summed E-state index contributed by atoms with van der Waals surface area (Å²) in [6.45, 7) is 0.0617. The van der Waals surface area contributed by atoms with Crippen molar-refractivity contribution in [1.29, 1.82) is 0 Å². The minimum Gasteiger partial charge on any atom is -0.301 e. The smallest absolute Gasteiger partial charge is 0.265 e. The van der Waals surface area contributed by atoms with Gasteiger partial charge in [-0.3, -0.25) is 9.69 Å². The molecule has 1 amide bonds. The van der Waals surface area contributed by atoms with Crippen LogP contribution in [0.25, 0.3) is 6.08 Å². The molecule has 0 saturated carbocycles. The molecule has 0 saturated heterocycles. The third-order valence-corrected chi connectivity index (χ3v) is 4.81. The van der Waals surface area contributed by atoms with Crippen LogP contribution in [0.15, 0.2) is 62.8 Å². The molecule has 1 aliphatic rings. The highest BCUT2D eigenvalue weighted by Crippen LogP contribution is 2.41. The Balaban J connectivity index is 2.04. The fourth-order valence-electron chi connectivity index (χ4n) is 2.27. The lowest BCUT2D eigenvalue weighted by atomic mass is 10.2. The van der Waals surface area contributed by atoms with Gasteiger partial charge in [0.15, 0.2) is 0 Å². The quantitative estimate of drug-likeness (QED) is 0.599. The molecule has 0 aliphatic carbocycles. The Labute approximate surface area is 141 Å². The number of hydrogen-bond donors (Lipinski definition) is 0. The second-order valence-corrected chi connectivity index (χ2v) is 6.72. The SMILES string of the molecule is O=CCN1C(=O)/C(=C\c2cccc(Br)c2)Sc2ccccc21. The normalized spacial score (nSPS) is 15.8. The first-order chi connectivity index (χ1) is 10.7. The molecule has 0 bridgehead atoms. The van der Waals surface area contributed by atoms with E-state index in [4.69, 9.17) is 0 Å². The summed E-state index contributed by atoms with van der Waals surface area (Å²) in [7, 11) is 0. The maximum Gasteiger partial charge on any atom is 0.265 e. The number of fused-ring (bicyclic) bond motifs is 1. The summed E-state index contributed by atoms with van der Waals surface area (Å²) in [5, 5.41) is 0. The fraction of sp³-hybridized carbons (Fsp3) is 0.0588. The molecule has 2 aromatic carbocycles. The summed E-state index contributed by atoms with van der Waals surface area (Å²) in [6.07, 6.45) is 2.60. The number of hydrogen-bond acceptors (Lipinski definition) is 3. The molecule has 0 fully saturated rings. The number of rotatable bonds is 3. The Morgan fingerprint density at radius 1 is 1.14 bits per heavy atom. The molecule has 3 nitrogen and oxygen atoms in total. The van der Waals surface area contributed by atoms with Crippen LogP contribution in [-0.4, -0.2) is 18.7 Å². The van der Waals surface area contributed by atoms with E-state index in [0.717, 1.165) is 26.9 Å². The molecule has 110 valence electrons. The van der Waals surface area contributed by atoms with Gasteiger partial charge in [0.2, 0.25) is 0 Å². The van der Waals surface area contributed by atoms with E-state index < -0.39 is 0 Å². The van der Waals surface area contributed by atoms with E-state index in [1.165, 1.54) is 16.7 Å². The van der Waals surface area contributed by atoms with Gasteiger partial charge in [0.05, 0.1) is 17.1 Å². The largest absolute Gasteiger partial charge is 0.301 e. The van der Waals surface area contributed by atoms with Gasteiger partial charge in [0.1, 0.15) is 6.29 Å². The number of anilines is 1. The molecule has 0 atom stereocenters. The average molecular weight is 374 g/mol. The summed E-state index contributed by atoms with van der Waals surface area (Å²) in [5.74, 6) is -0.143. The molecule has 1 aliphatic heterocycles. The second-order valence-electron chi connectivity index (χ2n) is 4.72. The molecule has 0 aromatic heterocycles. The molecule has 0 unspecified atom stereocenters. The lowest BCUT2D eigenvalue weighted by Crippen LogP contribution is -2.35. The Morgan fingerprint density at radius 2 is 1.95 bits per heavy atom. The van der Waals surface area contributed by atoms with Gasteiger partial charge in [0.25, 0.3) is 5.91 Å². The van der Waals surface area contributed by atoms with E-state index in [1.54, 1.807) is 0 Å². The van der Waals surface area contributed by atoms with Crippen molar-refractivity contribution in [1.82, 2.24) is 0 Å². The first-order valence-electron chi connectivity index (χ1n) is 6.68. The zero-order chi connectivity index (χ0) is 15.5. The van der Waals surface area contributed by atoms with Gasteiger partial charge in [-0.15, -0.1) is 0 Å². The van der Waals surface area contributed by atoms with Crippen LogP contribution in [0.4, 0.5) is 5.69 Å². The monoisotopic (exact) mass is 373 g/mol. The third kappa shape index (κ3) is 3.00. The Hall–Kier alpha value is -1.85. The van der Waals surface area contributed by atoms with Crippen LogP contribution in [0.2, 0.25) is 0 Å². The van der Waals surface area contributed by atoms with Gasteiger partial charge in [-0.05, 0) is 35.9 Å². The van der Waals surface area contributed by atoms with Crippen molar-refractivity contribution >= 4 is 51.6 Å². The molecule has 22 heavy (non-hydrogen) atoms. The molecule has 0 radical (unpaired) electrons. The third-order valence-electron chi connectivity index (χ3n) is 3.24. The van der Waals surface area contributed by atoms with Crippen molar-refractivity contribution in [3.05, 3.63) is 63.5 Å². The number of amides is 1. The molecule has 0 spiro atoms. The highest BCUT2D eigenvalue weighted by Gasteiger charge is 2.28. The fourth-order valence-corrected chi connectivity index (χ4v) is 3.74. The van der Waals surface area contributed by atoms with Crippen LogP contribution in [0.5, 0.6) is 0 Å². The molecule has 3 rings (SSSR count). The van der Waals surface area contributed by atoms with E-state index in [-0.39, 0.29) is 12.5 Å². The van der Waals surface area contributed by atoms with Crippen LogP contribution in [0.1, 0.15) is 5.56 Å². The van der Waals surface area contributed by atoms with Crippen LogP contribution in [0.3, 0.4) is 0 Å². The molecule has 2 aromatic rings. The van der Waals surface area contributed by atoms with Crippen molar-refractivity contribution < 1.29 is 9.59 Å². The zero-order valence-corrected chi connectivity index (χ0v) is 13.9. The molecular formula is C17H12BrNO2S. The number of nitrogens with zero attached hydrogens (tertiary/aromatic N) is 1. The zero-order valence-electron chi connectivity index (χ0n) is 11.5. The number of aldehydes is 1. The van der Waals surface area contributed by atoms with Crippen LogP contribution in [0, 0.1) is 0 Å². The van der Waals surface area contributed by atoms with Gasteiger partial charge in [-0.25, -0.2) is 0 Å². The summed E-state index contributed by atoms with van der Waals surface area (Å²) in [4.78, 5) is 26.6. The molecule has 5 heteroatoms. The predicted octanol–water partition coefficient (Wildman–Crippen LogP) is 4.13. The van der Waals surface area contributed by atoms with Crippen LogP contribution >= 0.6 is 27.7 Å². The number of para-hydroxylation sites is 1. The van der Waals surface area contributed by atoms with Crippen molar-refractivity contribution in [2.45, 2.75) is 4.90 Å². The van der Waals surface area contributed by atoms with E-state index in [0.29, 0.717) is 4.91 Å². The van der Waals surface area contributed by atoms with E-state index in [2.05, 4.69) is 15.9 Å². The van der Waals surface area contributed by atoms with Crippen molar-refractivity contribution in [2.24, 2.45) is 0 Å². The van der Waals surface area contributed by atoms with E-state index in [9.17, 15) is 9.59 Å². The summed E-state index contributed by atoms with van der Waals surface area (Å²) < 4.78 is 0.959. The standard InChI is InChI=1S/C17H12BrNO2S/c18-13-5-3-4-12(10-13)11-16-17(21)19(8-9-20)14-6-1-2-7-15(14)22-16/h1-7,9-11H,8H2/b16-11+. The lowest BCUT2D eigenvalue weighted by Gasteiger charge is -2.28. The average Bonchev–Trinajstić information content (AvgIpc) is 2.51. The number of carbonyl (C=O) groups is 2.